The minimum atomic E-state index is 0.638. The lowest BCUT2D eigenvalue weighted by molar-refractivity contribution is 1.08. The second-order valence-electron chi connectivity index (χ2n) is 14.0. The third kappa shape index (κ3) is 5.48. The monoisotopic (exact) mass is 732 g/mol. The van der Waals surface area contributed by atoms with Crippen LogP contribution in [-0.4, -0.2) is 19.5 Å². The van der Waals surface area contributed by atoms with E-state index in [2.05, 4.69) is 199 Å². The first-order valence-electron chi connectivity index (χ1n) is 18.8. The number of hydrogen-bond donors (Lipinski definition) is 0. The van der Waals surface area contributed by atoms with Gasteiger partial charge in [0.1, 0.15) is 0 Å². The summed E-state index contributed by atoms with van der Waals surface area (Å²) in [6.45, 7) is 0. The van der Waals surface area contributed by atoms with E-state index in [9.17, 15) is 0 Å². The molecule has 0 aliphatic carbocycles. The van der Waals surface area contributed by atoms with E-state index in [1.165, 1.54) is 36.7 Å². The van der Waals surface area contributed by atoms with Crippen molar-refractivity contribution in [2.45, 2.75) is 0 Å². The number of rotatable bonds is 6. The lowest BCUT2D eigenvalue weighted by atomic mass is 9.98. The Morgan fingerprint density at radius 3 is 1.70 bits per heavy atom. The molecule has 0 saturated carbocycles. The van der Waals surface area contributed by atoms with Crippen LogP contribution in [0.5, 0.6) is 0 Å². The molecule has 5 heteroatoms. The molecule has 0 radical (unpaired) electrons. The van der Waals surface area contributed by atoms with Crippen molar-refractivity contribution in [1.82, 2.24) is 19.5 Å². The Bertz CT molecular complexity index is 3240. The molecule has 11 rings (SSSR count). The van der Waals surface area contributed by atoms with E-state index < -0.39 is 0 Å². The van der Waals surface area contributed by atoms with Gasteiger partial charge in [-0.2, -0.15) is 0 Å². The van der Waals surface area contributed by atoms with Crippen LogP contribution in [0.2, 0.25) is 0 Å². The second kappa shape index (κ2) is 13.3. The molecule has 0 aliphatic heterocycles. The molecule has 0 N–H and O–H groups in total. The third-order valence-electron chi connectivity index (χ3n) is 10.7. The van der Waals surface area contributed by atoms with E-state index >= 15 is 0 Å². The van der Waals surface area contributed by atoms with Crippen LogP contribution in [0.15, 0.2) is 194 Å². The van der Waals surface area contributed by atoms with Crippen LogP contribution in [-0.2, 0) is 0 Å². The summed E-state index contributed by atoms with van der Waals surface area (Å²) in [7, 11) is 0. The van der Waals surface area contributed by atoms with Crippen molar-refractivity contribution in [1.29, 1.82) is 0 Å². The van der Waals surface area contributed by atoms with Crippen molar-refractivity contribution in [3.63, 3.8) is 0 Å². The van der Waals surface area contributed by atoms with Gasteiger partial charge in [-0.3, -0.25) is 0 Å². The second-order valence-corrected chi connectivity index (χ2v) is 15.1. The van der Waals surface area contributed by atoms with Crippen LogP contribution in [0.4, 0.5) is 0 Å². The highest BCUT2D eigenvalue weighted by molar-refractivity contribution is 7.26. The molecule has 0 aliphatic rings. The number of para-hydroxylation sites is 2. The molecule has 0 unspecified atom stereocenters. The Morgan fingerprint density at radius 2 is 0.893 bits per heavy atom. The molecule has 0 spiro atoms. The topological polar surface area (TPSA) is 43.6 Å². The molecule has 4 nitrogen and oxygen atoms in total. The van der Waals surface area contributed by atoms with E-state index in [1.54, 1.807) is 11.3 Å². The van der Waals surface area contributed by atoms with E-state index in [4.69, 9.17) is 15.0 Å². The van der Waals surface area contributed by atoms with Crippen molar-refractivity contribution < 1.29 is 0 Å². The first kappa shape index (κ1) is 32.2. The first-order valence-corrected chi connectivity index (χ1v) is 19.6. The zero-order valence-corrected chi connectivity index (χ0v) is 31.0. The van der Waals surface area contributed by atoms with Gasteiger partial charge in [0.05, 0.1) is 11.0 Å². The van der Waals surface area contributed by atoms with E-state index in [0.29, 0.717) is 17.5 Å². The van der Waals surface area contributed by atoms with Crippen LogP contribution in [0.1, 0.15) is 0 Å². The van der Waals surface area contributed by atoms with Crippen molar-refractivity contribution in [3.05, 3.63) is 194 Å². The highest BCUT2D eigenvalue weighted by Gasteiger charge is 2.19. The Hall–Kier alpha value is -7.21. The molecular weight excluding hydrogens is 701 g/mol. The number of hydrogen-bond acceptors (Lipinski definition) is 4. The molecule has 262 valence electrons. The maximum Gasteiger partial charge on any atom is 0.165 e. The lowest BCUT2D eigenvalue weighted by Crippen LogP contribution is -2.00. The van der Waals surface area contributed by atoms with Crippen molar-refractivity contribution in [2.75, 3.05) is 0 Å². The number of benzene rings is 8. The zero-order valence-electron chi connectivity index (χ0n) is 30.2. The molecular formula is C51H32N4S. The molecule has 8 aromatic carbocycles. The molecule has 0 saturated heterocycles. The van der Waals surface area contributed by atoms with Gasteiger partial charge in [-0.25, -0.2) is 15.0 Å². The summed E-state index contributed by atoms with van der Waals surface area (Å²) in [5.74, 6) is 1.94. The fourth-order valence-electron chi connectivity index (χ4n) is 7.97. The molecule has 3 aromatic heterocycles. The van der Waals surface area contributed by atoms with Crippen LogP contribution in [0.3, 0.4) is 0 Å². The largest absolute Gasteiger partial charge is 0.309 e. The highest BCUT2D eigenvalue weighted by Crippen LogP contribution is 2.40. The number of thiophene rings is 1. The standard InChI is InChI=1S/C51H32N4S/c1-3-13-33(14-4-1)36-15-11-16-37(31-36)34-25-27-35(28-26-34)49-52-50(54-51(53-49)43-22-12-21-42-41-20-8-10-24-47(41)56-48(42)43)38-29-30-46-44(32-38)40-19-7-9-23-45(40)55(46)39-17-5-2-6-18-39/h1-32H. The summed E-state index contributed by atoms with van der Waals surface area (Å²) in [4.78, 5) is 15.7. The molecule has 0 atom stereocenters. The zero-order chi connectivity index (χ0) is 37.0. The number of fused-ring (bicyclic) bond motifs is 6. The molecule has 11 aromatic rings. The smallest absolute Gasteiger partial charge is 0.165 e. The molecule has 0 amide bonds. The van der Waals surface area contributed by atoms with Gasteiger partial charge >= 0.3 is 0 Å². The van der Waals surface area contributed by atoms with Crippen LogP contribution >= 0.6 is 11.3 Å². The summed E-state index contributed by atoms with van der Waals surface area (Å²) >= 11 is 1.79. The van der Waals surface area contributed by atoms with Gasteiger partial charge in [0.15, 0.2) is 17.5 Å². The number of nitrogens with zero attached hydrogens (tertiary/aromatic N) is 4. The summed E-state index contributed by atoms with van der Waals surface area (Å²) in [6.07, 6.45) is 0. The third-order valence-corrected chi connectivity index (χ3v) is 11.9. The lowest BCUT2D eigenvalue weighted by Gasteiger charge is -2.11. The Kier molecular flexibility index (Phi) is 7.64. The minimum absolute atomic E-state index is 0.638. The summed E-state index contributed by atoms with van der Waals surface area (Å²) in [6, 6.07) is 68.6. The van der Waals surface area contributed by atoms with Gasteiger partial charge in [0.25, 0.3) is 0 Å². The summed E-state index contributed by atoms with van der Waals surface area (Å²) in [5, 5.41) is 4.80. The summed E-state index contributed by atoms with van der Waals surface area (Å²) < 4.78 is 4.75. The van der Waals surface area contributed by atoms with Crippen molar-refractivity contribution in [3.8, 4) is 62.1 Å². The average molecular weight is 733 g/mol. The quantitative estimate of drug-likeness (QED) is 0.171. The van der Waals surface area contributed by atoms with Gasteiger partial charge in [0.2, 0.25) is 0 Å². The fraction of sp³-hybridized carbons (Fsp3) is 0. The summed E-state index contributed by atoms with van der Waals surface area (Å²) in [5.41, 5.74) is 11.0. The van der Waals surface area contributed by atoms with Crippen LogP contribution in [0, 0.1) is 0 Å². The van der Waals surface area contributed by atoms with Crippen LogP contribution in [0.25, 0.3) is 104 Å². The minimum Gasteiger partial charge on any atom is -0.309 e. The number of aromatic nitrogens is 4. The molecule has 3 heterocycles. The Morgan fingerprint density at radius 1 is 0.339 bits per heavy atom. The van der Waals surface area contributed by atoms with Gasteiger partial charge in [0, 0.05) is 53.3 Å². The SMILES string of the molecule is c1ccc(-c2cccc(-c3ccc(-c4nc(-c5ccc6c(c5)c5ccccc5n6-c5ccccc5)nc(-c5cccc6c5sc5ccccc56)n4)cc3)c2)cc1. The predicted octanol–water partition coefficient (Wildman–Crippen LogP) is 13.7. The fourth-order valence-corrected chi connectivity index (χ4v) is 9.18. The van der Waals surface area contributed by atoms with E-state index in [0.717, 1.165) is 49.9 Å². The van der Waals surface area contributed by atoms with Crippen LogP contribution < -0.4 is 0 Å². The van der Waals surface area contributed by atoms with Crippen molar-refractivity contribution in [2.24, 2.45) is 0 Å². The average Bonchev–Trinajstić information content (AvgIpc) is 3.83. The van der Waals surface area contributed by atoms with E-state index in [-0.39, 0.29) is 0 Å². The maximum atomic E-state index is 5.25. The van der Waals surface area contributed by atoms with Gasteiger partial charge < -0.3 is 4.57 Å². The Labute approximate surface area is 327 Å². The maximum absolute atomic E-state index is 5.25. The molecule has 0 fully saturated rings. The van der Waals surface area contributed by atoms with Gasteiger partial charge in [-0.15, -0.1) is 11.3 Å². The highest BCUT2D eigenvalue weighted by atomic mass is 32.1. The van der Waals surface area contributed by atoms with Gasteiger partial charge in [-0.1, -0.05) is 140 Å². The van der Waals surface area contributed by atoms with E-state index in [1.807, 2.05) is 0 Å². The molecule has 0 bridgehead atoms. The normalized spacial score (nSPS) is 11.6. The molecule has 56 heavy (non-hydrogen) atoms. The Balaban J connectivity index is 1.08. The first-order chi connectivity index (χ1) is 27.7. The van der Waals surface area contributed by atoms with Gasteiger partial charge in [-0.05, 0) is 76.9 Å². The predicted molar refractivity (Wildman–Crippen MR) is 234 cm³/mol. The van der Waals surface area contributed by atoms with Crippen molar-refractivity contribution >= 4 is 53.3 Å².